The zero-order valence-corrected chi connectivity index (χ0v) is 12.2. The van der Waals surface area contributed by atoms with Crippen molar-refractivity contribution in [1.29, 1.82) is 0 Å². The van der Waals surface area contributed by atoms with Crippen molar-refractivity contribution in [3.63, 3.8) is 0 Å². The Labute approximate surface area is 101 Å². The van der Waals surface area contributed by atoms with Gasteiger partial charge in [-0.25, -0.2) is 0 Å². The number of thioether (sulfide) groups is 1. The third kappa shape index (κ3) is 14.3. The molecule has 94 valence electrons. The van der Waals surface area contributed by atoms with Crippen LogP contribution in [0.3, 0.4) is 0 Å². The maximum absolute atomic E-state index is 5.10. The van der Waals surface area contributed by atoms with Crippen LogP contribution in [0, 0.1) is 5.92 Å². The minimum absolute atomic E-state index is 0.640. The number of ether oxygens (including phenoxy) is 1. The molecule has 0 amide bonds. The monoisotopic (exact) mass is 235 g/mol. The van der Waals surface area contributed by atoms with Crippen molar-refractivity contribution < 1.29 is 4.74 Å². The third-order valence-electron chi connectivity index (χ3n) is 1.90. The molecule has 15 heavy (non-hydrogen) atoms. The summed E-state index contributed by atoms with van der Waals surface area (Å²) in [6, 6.07) is 0. The standard InChI is InChI=1S/C10H23NOS.C2H6/c1-5-13-7-6-11(3)8-10(2)9-12-4;1-2/h10H,5-9H2,1-4H3;1-2H3/t10-;/m1./s1. The predicted octanol–water partition coefficient (Wildman–Crippen LogP) is 2.98. The Morgan fingerprint density at radius 2 is 1.93 bits per heavy atom. The van der Waals surface area contributed by atoms with Crippen molar-refractivity contribution >= 4 is 11.8 Å². The molecule has 3 heteroatoms. The fourth-order valence-corrected chi connectivity index (χ4v) is 2.05. The Bertz CT molecular complexity index is 112. The summed E-state index contributed by atoms with van der Waals surface area (Å²) in [6.07, 6.45) is 0. The van der Waals surface area contributed by atoms with Crippen LogP contribution in [0.15, 0.2) is 0 Å². The maximum atomic E-state index is 5.10. The lowest BCUT2D eigenvalue weighted by atomic mass is 10.2. The van der Waals surface area contributed by atoms with Gasteiger partial charge >= 0.3 is 0 Å². The molecular formula is C12H29NOS. The molecule has 0 radical (unpaired) electrons. The minimum atomic E-state index is 0.640. The molecule has 0 aromatic rings. The molecule has 2 nitrogen and oxygen atoms in total. The normalized spacial score (nSPS) is 12.2. The smallest absolute Gasteiger partial charge is 0.0500 e. The average Bonchev–Trinajstić information content (AvgIpc) is 2.21. The van der Waals surface area contributed by atoms with Gasteiger partial charge < -0.3 is 9.64 Å². The van der Waals surface area contributed by atoms with E-state index < -0.39 is 0 Å². The van der Waals surface area contributed by atoms with Crippen LogP contribution in [-0.2, 0) is 4.74 Å². The van der Waals surface area contributed by atoms with Gasteiger partial charge in [-0.15, -0.1) is 0 Å². The van der Waals surface area contributed by atoms with Gasteiger partial charge in [0.25, 0.3) is 0 Å². The van der Waals surface area contributed by atoms with E-state index in [2.05, 4.69) is 25.8 Å². The number of hydrogen-bond acceptors (Lipinski definition) is 3. The van der Waals surface area contributed by atoms with E-state index in [4.69, 9.17) is 4.74 Å². The molecule has 0 spiro atoms. The SMILES string of the molecule is CC.CCSCCN(C)C[C@@H](C)COC. The highest BCUT2D eigenvalue weighted by Crippen LogP contribution is 2.02. The van der Waals surface area contributed by atoms with Crippen molar-refractivity contribution in [2.45, 2.75) is 27.7 Å². The third-order valence-corrected chi connectivity index (χ3v) is 2.78. The molecule has 0 aliphatic carbocycles. The van der Waals surface area contributed by atoms with Crippen LogP contribution in [0.5, 0.6) is 0 Å². The molecule has 0 fully saturated rings. The van der Waals surface area contributed by atoms with Gasteiger partial charge in [0.05, 0.1) is 0 Å². The van der Waals surface area contributed by atoms with E-state index in [-0.39, 0.29) is 0 Å². The van der Waals surface area contributed by atoms with Crippen molar-refractivity contribution in [3.05, 3.63) is 0 Å². The van der Waals surface area contributed by atoms with Crippen molar-refractivity contribution in [2.75, 3.05) is 45.4 Å². The second kappa shape index (κ2) is 14.3. The number of rotatable bonds is 8. The first-order valence-corrected chi connectivity index (χ1v) is 7.11. The fraction of sp³-hybridized carbons (Fsp3) is 1.00. The Hall–Kier alpha value is 0.270. The van der Waals surface area contributed by atoms with Crippen molar-refractivity contribution in [1.82, 2.24) is 4.90 Å². The topological polar surface area (TPSA) is 12.5 Å². The molecule has 0 aliphatic heterocycles. The van der Waals surface area contributed by atoms with E-state index in [1.54, 1.807) is 7.11 Å². The molecule has 0 bridgehead atoms. The summed E-state index contributed by atoms with van der Waals surface area (Å²) >= 11 is 2.00. The number of nitrogens with zero attached hydrogens (tertiary/aromatic N) is 1. The van der Waals surface area contributed by atoms with Crippen LogP contribution in [-0.4, -0.2) is 50.3 Å². The lowest BCUT2D eigenvalue weighted by molar-refractivity contribution is 0.139. The van der Waals surface area contributed by atoms with Gasteiger partial charge in [0, 0.05) is 32.6 Å². The van der Waals surface area contributed by atoms with Gasteiger partial charge in [0.2, 0.25) is 0 Å². The second-order valence-corrected chi connectivity index (χ2v) is 4.91. The first-order valence-electron chi connectivity index (χ1n) is 5.95. The maximum Gasteiger partial charge on any atom is 0.0500 e. The van der Waals surface area contributed by atoms with E-state index in [0.29, 0.717) is 5.92 Å². The summed E-state index contributed by atoms with van der Waals surface area (Å²) < 4.78 is 5.10. The molecule has 0 rings (SSSR count). The first-order chi connectivity index (χ1) is 7.20. The van der Waals surface area contributed by atoms with Gasteiger partial charge in [-0.3, -0.25) is 0 Å². The van der Waals surface area contributed by atoms with Gasteiger partial charge in [0.15, 0.2) is 0 Å². The zero-order chi connectivity index (χ0) is 12.1. The average molecular weight is 235 g/mol. The molecular weight excluding hydrogens is 206 g/mol. The van der Waals surface area contributed by atoms with Crippen LogP contribution in [0.4, 0.5) is 0 Å². The Morgan fingerprint density at radius 3 is 2.40 bits per heavy atom. The van der Waals surface area contributed by atoms with E-state index in [0.717, 1.165) is 13.2 Å². The van der Waals surface area contributed by atoms with Crippen LogP contribution < -0.4 is 0 Å². The number of hydrogen-bond donors (Lipinski definition) is 0. The lowest BCUT2D eigenvalue weighted by Gasteiger charge is -2.20. The van der Waals surface area contributed by atoms with Gasteiger partial charge in [0.1, 0.15) is 0 Å². The number of methoxy groups -OCH3 is 1. The highest BCUT2D eigenvalue weighted by atomic mass is 32.2. The first kappa shape index (κ1) is 17.7. The summed E-state index contributed by atoms with van der Waals surface area (Å²) in [5.74, 6) is 3.11. The molecule has 0 N–H and O–H groups in total. The summed E-state index contributed by atoms with van der Waals surface area (Å²) in [5.41, 5.74) is 0. The molecule has 0 aromatic carbocycles. The van der Waals surface area contributed by atoms with E-state index in [1.165, 1.54) is 18.1 Å². The Kier molecular flexibility index (Phi) is 16.8. The molecule has 0 unspecified atom stereocenters. The zero-order valence-electron chi connectivity index (χ0n) is 11.4. The minimum Gasteiger partial charge on any atom is -0.384 e. The molecule has 0 aromatic heterocycles. The van der Waals surface area contributed by atoms with E-state index in [1.807, 2.05) is 25.6 Å². The van der Waals surface area contributed by atoms with Crippen LogP contribution in [0.1, 0.15) is 27.7 Å². The van der Waals surface area contributed by atoms with Crippen LogP contribution >= 0.6 is 11.8 Å². The molecule has 0 saturated heterocycles. The van der Waals surface area contributed by atoms with E-state index in [9.17, 15) is 0 Å². The van der Waals surface area contributed by atoms with Gasteiger partial charge in [-0.2, -0.15) is 11.8 Å². The Balaban J connectivity index is 0. The van der Waals surface area contributed by atoms with Crippen molar-refractivity contribution in [3.8, 4) is 0 Å². The van der Waals surface area contributed by atoms with Crippen LogP contribution in [0.25, 0.3) is 0 Å². The highest BCUT2D eigenvalue weighted by molar-refractivity contribution is 7.99. The molecule has 0 heterocycles. The van der Waals surface area contributed by atoms with Crippen LogP contribution in [0.2, 0.25) is 0 Å². The predicted molar refractivity (Wildman–Crippen MR) is 72.9 cm³/mol. The quantitative estimate of drug-likeness (QED) is 0.600. The summed E-state index contributed by atoms with van der Waals surface area (Å²) in [6.45, 7) is 11.6. The van der Waals surface area contributed by atoms with Gasteiger partial charge in [-0.05, 0) is 18.7 Å². The summed E-state index contributed by atoms with van der Waals surface area (Å²) in [4.78, 5) is 2.38. The highest BCUT2D eigenvalue weighted by Gasteiger charge is 2.05. The van der Waals surface area contributed by atoms with Crippen molar-refractivity contribution in [2.24, 2.45) is 5.92 Å². The fourth-order valence-electron chi connectivity index (χ4n) is 1.33. The molecule has 0 aliphatic rings. The molecule has 0 saturated carbocycles. The second-order valence-electron chi connectivity index (χ2n) is 3.52. The van der Waals surface area contributed by atoms with Gasteiger partial charge in [-0.1, -0.05) is 27.7 Å². The Morgan fingerprint density at radius 1 is 1.33 bits per heavy atom. The molecule has 1 atom stereocenters. The summed E-state index contributed by atoms with van der Waals surface area (Å²) in [7, 11) is 3.95. The summed E-state index contributed by atoms with van der Waals surface area (Å²) in [5, 5.41) is 0. The largest absolute Gasteiger partial charge is 0.384 e. The lowest BCUT2D eigenvalue weighted by Crippen LogP contribution is -2.28. The van der Waals surface area contributed by atoms with E-state index >= 15 is 0 Å².